The Balaban J connectivity index is -0.000000201. The van der Waals surface area contributed by atoms with Crippen LogP contribution in [-0.2, 0) is 9.53 Å². The van der Waals surface area contributed by atoms with Crippen LogP contribution >= 0.6 is 0 Å². The maximum atomic E-state index is 10.5. The van der Waals surface area contributed by atoms with Gasteiger partial charge in [0.1, 0.15) is 5.60 Å². The number of hydrogen-bond acceptors (Lipinski definition) is 4. The zero-order chi connectivity index (χ0) is 13.8. The highest BCUT2D eigenvalue weighted by Crippen LogP contribution is 2.05. The van der Waals surface area contributed by atoms with E-state index < -0.39 is 5.97 Å². The lowest BCUT2D eigenvalue weighted by Crippen LogP contribution is -2.30. The molecule has 0 aromatic rings. The molecule has 6 nitrogen and oxygen atoms in total. The van der Waals surface area contributed by atoms with Gasteiger partial charge in [-0.15, -0.1) is 0 Å². The normalized spacial score (nSPS) is 8.69. The van der Waals surface area contributed by atoms with Crippen molar-refractivity contribution >= 4 is 12.1 Å². The Morgan fingerprint density at radius 1 is 1.31 bits per heavy atom. The Morgan fingerprint density at radius 2 is 1.56 bits per heavy atom. The highest BCUT2D eigenvalue weighted by atomic mass is 16.6. The van der Waals surface area contributed by atoms with E-state index in [1.165, 1.54) is 7.05 Å². The Hall–Kier alpha value is -1.30. The first kappa shape index (κ1) is 20.2. The Kier molecular flexibility index (Phi) is 14.8. The van der Waals surface area contributed by atoms with Gasteiger partial charge in [-0.3, -0.25) is 4.79 Å². The lowest BCUT2D eigenvalue weighted by molar-refractivity contribution is -0.134. The number of rotatable bonds is 0. The van der Waals surface area contributed by atoms with E-state index in [1.807, 2.05) is 20.8 Å². The van der Waals surface area contributed by atoms with Gasteiger partial charge in [0, 0.05) is 20.6 Å². The van der Waals surface area contributed by atoms with Gasteiger partial charge < -0.3 is 20.3 Å². The van der Waals surface area contributed by atoms with Crippen molar-refractivity contribution in [2.75, 3.05) is 13.7 Å². The first-order valence-corrected chi connectivity index (χ1v) is 4.81. The Labute approximate surface area is 96.6 Å². The van der Waals surface area contributed by atoms with Crippen LogP contribution in [0.15, 0.2) is 0 Å². The minimum atomic E-state index is -0.833. The van der Waals surface area contributed by atoms with Gasteiger partial charge in [0.15, 0.2) is 0 Å². The van der Waals surface area contributed by atoms with Crippen molar-refractivity contribution in [2.45, 2.75) is 40.2 Å². The number of aliphatic hydroxyl groups is 1. The molecule has 0 heterocycles. The monoisotopic (exact) mass is 237 g/mol. The van der Waals surface area contributed by atoms with Gasteiger partial charge in [-0.25, -0.2) is 4.79 Å². The van der Waals surface area contributed by atoms with Gasteiger partial charge in [0.05, 0.1) is 0 Å². The van der Waals surface area contributed by atoms with Gasteiger partial charge in [0.25, 0.3) is 5.97 Å². The summed E-state index contributed by atoms with van der Waals surface area (Å²) in [5.41, 5.74) is -0.389. The van der Waals surface area contributed by atoms with E-state index in [9.17, 15) is 4.79 Å². The molecule has 16 heavy (non-hydrogen) atoms. The fourth-order valence-corrected chi connectivity index (χ4v) is 0.329. The molecule has 0 fully saturated rings. The van der Waals surface area contributed by atoms with Crippen LogP contribution in [-0.4, -0.2) is 41.5 Å². The molecule has 0 aliphatic carbocycles. The van der Waals surface area contributed by atoms with E-state index in [2.05, 4.69) is 5.32 Å². The van der Waals surface area contributed by atoms with Crippen LogP contribution in [0.1, 0.15) is 34.6 Å². The molecule has 1 amide bonds. The van der Waals surface area contributed by atoms with Crippen LogP contribution in [0.3, 0.4) is 0 Å². The van der Waals surface area contributed by atoms with Crippen LogP contribution in [0.2, 0.25) is 0 Å². The zero-order valence-corrected chi connectivity index (χ0v) is 10.8. The van der Waals surface area contributed by atoms with E-state index >= 15 is 0 Å². The summed E-state index contributed by atoms with van der Waals surface area (Å²) in [4.78, 5) is 19.5. The van der Waals surface area contributed by atoms with Crippen LogP contribution < -0.4 is 5.32 Å². The fourth-order valence-electron chi connectivity index (χ4n) is 0.329. The van der Waals surface area contributed by atoms with E-state index in [0.717, 1.165) is 6.92 Å². The highest BCUT2D eigenvalue weighted by Gasteiger charge is 2.13. The van der Waals surface area contributed by atoms with Gasteiger partial charge in [-0.2, -0.15) is 0 Å². The molecule has 98 valence electrons. The SMILES string of the molecule is CC(=O)O.CCO.CNC(=O)OC(C)(C)C. The average molecular weight is 237 g/mol. The van der Waals surface area contributed by atoms with E-state index in [4.69, 9.17) is 19.7 Å². The van der Waals surface area contributed by atoms with Crippen molar-refractivity contribution < 1.29 is 24.5 Å². The number of aliphatic hydroxyl groups excluding tert-OH is 1. The molecule has 0 unspecified atom stereocenters. The molecule has 0 saturated carbocycles. The predicted octanol–water partition coefficient (Wildman–Crippen LogP) is 1.23. The van der Waals surface area contributed by atoms with Crippen LogP contribution in [0, 0.1) is 0 Å². The Bertz CT molecular complexity index is 182. The molecule has 0 aliphatic rings. The molecular formula is C10H23NO5. The molecule has 0 aliphatic heterocycles. The summed E-state index contributed by atoms with van der Waals surface area (Å²) in [7, 11) is 1.54. The molecule has 0 atom stereocenters. The third kappa shape index (κ3) is 53.5. The second kappa shape index (κ2) is 11.8. The van der Waals surface area contributed by atoms with Gasteiger partial charge in [-0.05, 0) is 27.7 Å². The van der Waals surface area contributed by atoms with Crippen LogP contribution in [0.25, 0.3) is 0 Å². The predicted molar refractivity (Wildman–Crippen MR) is 61.4 cm³/mol. The molecule has 0 spiro atoms. The number of ether oxygens (including phenoxy) is 1. The first-order chi connectivity index (χ1) is 7.10. The van der Waals surface area contributed by atoms with Crippen molar-refractivity contribution in [3.05, 3.63) is 0 Å². The number of amides is 1. The zero-order valence-electron chi connectivity index (χ0n) is 10.8. The lowest BCUT2D eigenvalue weighted by Gasteiger charge is -2.18. The van der Waals surface area contributed by atoms with Crippen molar-refractivity contribution in [1.82, 2.24) is 5.32 Å². The molecule has 0 saturated heterocycles. The number of aliphatic carboxylic acids is 1. The number of carbonyl (C=O) groups is 2. The number of alkyl carbamates (subject to hydrolysis) is 1. The number of carboxylic acids is 1. The summed E-state index contributed by atoms with van der Waals surface area (Å²) in [6.07, 6.45) is -0.387. The minimum Gasteiger partial charge on any atom is -0.481 e. The number of hydrogen-bond donors (Lipinski definition) is 3. The van der Waals surface area contributed by atoms with Crippen LogP contribution in [0.5, 0.6) is 0 Å². The van der Waals surface area contributed by atoms with E-state index in [1.54, 1.807) is 6.92 Å². The maximum Gasteiger partial charge on any atom is 0.407 e. The molecular weight excluding hydrogens is 214 g/mol. The molecule has 0 bridgehead atoms. The van der Waals surface area contributed by atoms with E-state index in [-0.39, 0.29) is 18.3 Å². The summed E-state index contributed by atoms with van der Waals surface area (Å²) >= 11 is 0. The quantitative estimate of drug-likeness (QED) is 0.589. The summed E-state index contributed by atoms with van der Waals surface area (Å²) in [6, 6.07) is 0. The minimum absolute atomic E-state index is 0.250. The van der Waals surface area contributed by atoms with Crippen molar-refractivity contribution in [3.8, 4) is 0 Å². The summed E-state index contributed by atoms with van der Waals surface area (Å²) in [5.74, 6) is -0.833. The molecule has 0 radical (unpaired) electrons. The summed E-state index contributed by atoms with van der Waals surface area (Å²) in [5, 5.41) is 17.3. The average Bonchev–Trinajstić information content (AvgIpc) is 2.01. The van der Waals surface area contributed by atoms with Crippen molar-refractivity contribution in [1.29, 1.82) is 0 Å². The molecule has 0 aromatic carbocycles. The number of carboxylic acid groups (broad SMARTS) is 1. The highest BCUT2D eigenvalue weighted by molar-refractivity contribution is 5.67. The number of carbonyl (C=O) groups excluding carboxylic acids is 1. The standard InChI is InChI=1S/C6H13NO2.C2H4O2.C2H6O/c1-6(2,3)9-5(8)7-4;1-2(3)4;1-2-3/h1-4H3,(H,7,8);1H3,(H,3,4);3H,2H2,1H3. The third-order valence-electron chi connectivity index (χ3n) is 0.603. The largest absolute Gasteiger partial charge is 0.481 e. The second-order valence-electron chi connectivity index (χ2n) is 3.59. The van der Waals surface area contributed by atoms with Crippen LogP contribution in [0.4, 0.5) is 4.79 Å². The molecule has 3 N–H and O–H groups in total. The topological polar surface area (TPSA) is 95.9 Å². The first-order valence-electron chi connectivity index (χ1n) is 4.81. The van der Waals surface area contributed by atoms with Gasteiger partial charge >= 0.3 is 6.09 Å². The molecule has 0 rings (SSSR count). The van der Waals surface area contributed by atoms with E-state index in [0.29, 0.717) is 0 Å². The van der Waals surface area contributed by atoms with Gasteiger partial charge in [-0.1, -0.05) is 0 Å². The third-order valence-corrected chi connectivity index (χ3v) is 0.603. The van der Waals surface area contributed by atoms with Gasteiger partial charge in [0.2, 0.25) is 0 Å². The smallest absolute Gasteiger partial charge is 0.407 e. The Morgan fingerprint density at radius 3 is 1.62 bits per heavy atom. The van der Waals surface area contributed by atoms with Crippen molar-refractivity contribution in [2.24, 2.45) is 0 Å². The van der Waals surface area contributed by atoms with Crippen molar-refractivity contribution in [3.63, 3.8) is 0 Å². The maximum absolute atomic E-state index is 10.5. The molecule has 0 aromatic heterocycles. The summed E-state index contributed by atoms with van der Waals surface area (Å²) in [6.45, 7) is 8.48. The fraction of sp³-hybridized carbons (Fsp3) is 0.800. The number of nitrogens with one attached hydrogen (secondary N) is 1. The second-order valence-corrected chi connectivity index (χ2v) is 3.59. The lowest BCUT2D eigenvalue weighted by atomic mass is 10.2. The molecule has 6 heteroatoms. The summed E-state index contributed by atoms with van der Waals surface area (Å²) < 4.78 is 4.84.